The van der Waals surface area contributed by atoms with Crippen LogP contribution >= 0.6 is 0 Å². The van der Waals surface area contributed by atoms with Gasteiger partial charge in [0.2, 0.25) is 0 Å². The van der Waals surface area contributed by atoms with Crippen LogP contribution in [0.1, 0.15) is 22.8 Å². The number of ether oxygens (including phenoxy) is 1. The van der Waals surface area contributed by atoms with E-state index in [0.29, 0.717) is 12.2 Å². The fourth-order valence-electron chi connectivity index (χ4n) is 1.27. The number of hydrogen-bond donors (Lipinski definition) is 0. The Morgan fingerprint density at radius 2 is 2.00 bits per heavy atom. The molecule has 0 amide bonds. The lowest BCUT2D eigenvalue weighted by Gasteiger charge is -1.97. The highest BCUT2D eigenvalue weighted by molar-refractivity contribution is 5.96. The summed E-state index contributed by atoms with van der Waals surface area (Å²) < 4.78 is 4.78. The lowest BCUT2D eigenvalue weighted by Crippen LogP contribution is -1.95. The first-order valence-corrected chi connectivity index (χ1v) is 5.49. The van der Waals surface area contributed by atoms with Gasteiger partial charge in [-0.2, -0.15) is 0 Å². The van der Waals surface area contributed by atoms with Crippen LogP contribution in [0.4, 0.5) is 0 Å². The Labute approximate surface area is 108 Å². The van der Waals surface area contributed by atoms with Gasteiger partial charge in [0.25, 0.3) is 0 Å². The molecule has 2 nitrogen and oxygen atoms in total. The van der Waals surface area contributed by atoms with Crippen molar-refractivity contribution in [2.24, 2.45) is 0 Å². The summed E-state index contributed by atoms with van der Waals surface area (Å²) in [7, 11) is 1.59. The Bertz CT molecular complexity index is 560. The third kappa shape index (κ3) is 4.70. The van der Waals surface area contributed by atoms with E-state index in [1.54, 1.807) is 25.3 Å². The lowest BCUT2D eigenvalue weighted by molar-refractivity contribution is 0.101. The second kappa shape index (κ2) is 7.90. The average molecular weight is 238 g/mol. The van der Waals surface area contributed by atoms with Crippen molar-refractivity contribution in [2.75, 3.05) is 13.7 Å². The van der Waals surface area contributed by atoms with Crippen LogP contribution in [-0.4, -0.2) is 19.5 Å². The second-order valence-corrected chi connectivity index (χ2v) is 3.46. The molecular weight excluding hydrogens is 224 g/mol. The Balaban J connectivity index is 2.75. The smallest absolute Gasteiger partial charge is 0.161 e. The normalized spacial score (nSPS) is 9.22. The molecule has 0 aliphatic carbocycles. The minimum Gasteiger partial charge on any atom is -0.372 e. The number of allylic oxidation sites excluding steroid dienone is 2. The first-order chi connectivity index (χ1) is 8.75. The van der Waals surface area contributed by atoms with Gasteiger partial charge in [-0.15, -0.1) is 0 Å². The standard InChI is InChI=1S/C16H14O2/c1-14(17)16-12-8-7-11-15(16)10-6-4-3-5-9-13-18-2/h3-4,7-8,11-12H,13H2,1-2H3/b4-3-. The molecule has 1 rings (SSSR count). The number of carbonyl (C=O) groups is 1. The van der Waals surface area contributed by atoms with Gasteiger partial charge in [0, 0.05) is 18.2 Å². The number of Topliss-reactive ketones (excluding diaryl/α,β-unsaturated/α-hetero) is 1. The van der Waals surface area contributed by atoms with Gasteiger partial charge in [0.05, 0.1) is 0 Å². The number of methoxy groups -OCH3 is 1. The molecule has 0 radical (unpaired) electrons. The molecule has 0 bridgehead atoms. The zero-order valence-electron chi connectivity index (χ0n) is 10.5. The molecular formula is C16H14O2. The van der Waals surface area contributed by atoms with Crippen LogP contribution < -0.4 is 0 Å². The summed E-state index contributed by atoms with van der Waals surface area (Å²) in [4.78, 5) is 11.4. The monoisotopic (exact) mass is 238 g/mol. The average Bonchev–Trinajstić information content (AvgIpc) is 2.38. The predicted octanol–water partition coefficient (Wildman–Crippen LogP) is 2.45. The lowest BCUT2D eigenvalue weighted by atomic mass is 10.1. The molecule has 18 heavy (non-hydrogen) atoms. The van der Waals surface area contributed by atoms with E-state index in [1.807, 2.05) is 18.2 Å². The van der Waals surface area contributed by atoms with Crippen LogP contribution in [0.25, 0.3) is 0 Å². The molecule has 2 heteroatoms. The van der Waals surface area contributed by atoms with Gasteiger partial charge in [-0.1, -0.05) is 41.9 Å². The fraction of sp³-hybridized carbons (Fsp3) is 0.188. The number of hydrogen-bond acceptors (Lipinski definition) is 2. The molecule has 0 spiro atoms. The molecule has 0 heterocycles. The Morgan fingerprint density at radius 3 is 2.72 bits per heavy atom. The molecule has 1 aromatic carbocycles. The first kappa shape index (κ1) is 13.8. The largest absolute Gasteiger partial charge is 0.372 e. The van der Waals surface area contributed by atoms with Crippen LogP contribution in [0, 0.1) is 23.7 Å². The van der Waals surface area contributed by atoms with Gasteiger partial charge in [-0.05, 0) is 25.1 Å². The SMILES string of the molecule is COCC#C/C=C\C#Cc1ccccc1C(C)=O. The van der Waals surface area contributed by atoms with E-state index in [2.05, 4.69) is 23.7 Å². The van der Waals surface area contributed by atoms with Crippen molar-refractivity contribution in [1.29, 1.82) is 0 Å². The molecule has 0 aliphatic heterocycles. The van der Waals surface area contributed by atoms with Crippen molar-refractivity contribution < 1.29 is 9.53 Å². The minimum absolute atomic E-state index is 0.0174. The van der Waals surface area contributed by atoms with Crippen molar-refractivity contribution in [1.82, 2.24) is 0 Å². The summed E-state index contributed by atoms with van der Waals surface area (Å²) in [6.45, 7) is 1.94. The second-order valence-electron chi connectivity index (χ2n) is 3.46. The van der Waals surface area contributed by atoms with Crippen LogP contribution in [0.5, 0.6) is 0 Å². The van der Waals surface area contributed by atoms with Crippen molar-refractivity contribution in [3.63, 3.8) is 0 Å². The fourth-order valence-corrected chi connectivity index (χ4v) is 1.27. The highest BCUT2D eigenvalue weighted by Gasteiger charge is 2.02. The van der Waals surface area contributed by atoms with E-state index in [0.717, 1.165) is 5.56 Å². The maximum atomic E-state index is 11.4. The Hall–Kier alpha value is -2.29. The summed E-state index contributed by atoms with van der Waals surface area (Å²) in [5, 5.41) is 0. The molecule has 0 aliphatic rings. The summed E-state index contributed by atoms with van der Waals surface area (Å²) in [6.07, 6.45) is 3.31. The number of carbonyl (C=O) groups excluding carboxylic acids is 1. The van der Waals surface area contributed by atoms with E-state index in [9.17, 15) is 4.79 Å². The van der Waals surface area contributed by atoms with Crippen LogP contribution in [-0.2, 0) is 4.74 Å². The molecule has 0 fully saturated rings. The first-order valence-electron chi connectivity index (χ1n) is 5.49. The quantitative estimate of drug-likeness (QED) is 0.584. The molecule has 90 valence electrons. The molecule has 0 saturated carbocycles. The highest BCUT2D eigenvalue weighted by Crippen LogP contribution is 2.07. The van der Waals surface area contributed by atoms with Crippen LogP contribution in [0.3, 0.4) is 0 Å². The topological polar surface area (TPSA) is 26.3 Å². The molecule has 0 atom stereocenters. The van der Waals surface area contributed by atoms with Gasteiger partial charge >= 0.3 is 0 Å². The van der Waals surface area contributed by atoms with E-state index in [4.69, 9.17) is 4.74 Å². The van der Waals surface area contributed by atoms with Crippen LogP contribution in [0.2, 0.25) is 0 Å². The maximum absolute atomic E-state index is 11.4. The summed E-state index contributed by atoms with van der Waals surface area (Å²) in [6, 6.07) is 7.29. The molecule has 0 saturated heterocycles. The van der Waals surface area contributed by atoms with Gasteiger partial charge in [-0.25, -0.2) is 0 Å². The third-order valence-electron chi connectivity index (χ3n) is 2.08. The summed E-state index contributed by atoms with van der Waals surface area (Å²) >= 11 is 0. The zero-order valence-corrected chi connectivity index (χ0v) is 10.5. The molecule has 0 aromatic heterocycles. The van der Waals surface area contributed by atoms with E-state index in [-0.39, 0.29) is 5.78 Å². The van der Waals surface area contributed by atoms with Gasteiger partial charge in [0.15, 0.2) is 5.78 Å². The van der Waals surface area contributed by atoms with Crippen molar-refractivity contribution in [2.45, 2.75) is 6.92 Å². The van der Waals surface area contributed by atoms with Gasteiger partial charge in [-0.3, -0.25) is 4.79 Å². The Morgan fingerprint density at radius 1 is 1.28 bits per heavy atom. The van der Waals surface area contributed by atoms with Crippen LogP contribution in [0.15, 0.2) is 36.4 Å². The highest BCUT2D eigenvalue weighted by atomic mass is 16.5. The van der Waals surface area contributed by atoms with Crippen molar-refractivity contribution in [3.8, 4) is 23.7 Å². The van der Waals surface area contributed by atoms with Crippen molar-refractivity contribution >= 4 is 5.78 Å². The molecule has 0 unspecified atom stereocenters. The van der Waals surface area contributed by atoms with Crippen molar-refractivity contribution in [3.05, 3.63) is 47.5 Å². The summed E-state index contributed by atoms with van der Waals surface area (Å²) in [5.41, 5.74) is 1.38. The number of benzene rings is 1. The van der Waals surface area contributed by atoms with Gasteiger partial charge < -0.3 is 4.74 Å². The summed E-state index contributed by atoms with van der Waals surface area (Å²) in [5.74, 6) is 11.4. The Kier molecular flexibility index (Phi) is 6.04. The van der Waals surface area contributed by atoms with E-state index < -0.39 is 0 Å². The van der Waals surface area contributed by atoms with E-state index in [1.165, 1.54) is 6.92 Å². The maximum Gasteiger partial charge on any atom is 0.161 e. The predicted molar refractivity (Wildman–Crippen MR) is 72.1 cm³/mol. The minimum atomic E-state index is 0.0174. The molecule has 0 N–H and O–H groups in total. The number of rotatable bonds is 2. The number of ketones is 1. The van der Waals surface area contributed by atoms with Gasteiger partial charge in [0.1, 0.15) is 6.61 Å². The molecule has 1 aromatic rings. The van der Waals surface area contributed by atoms with E-state index >= 15 is 0 Å². The zero-order chi connectivity index (χ0) is 13.2. The third-order valence-corrected chi connectivity index (χ3v) is 2.08.